The standard InChI is InChI=1S/C52H49ClF10N7O9PS2/c1-25-15-28(47(73)74)19-36(79-80(75,76)77)41(25)48(3,4)22-38(72)70(81-7)46-40-34(53)12-11-33(43(40)69(67-46)24-51(58,59)60)32-10-9-31(13-14-49(5,6)82(8)78)64-42(32)35(18-27-16-29(54)20-30(55)17-27)65-37(71)23-68-45-39(26(2)21-50(45,56)57)44(66-68)52(61,62)63/h9-12,15-17,19-20,26,35H,18,21-24H2,1-8H3,(H,65,71)(H,73,74)(H2,75,76,77)/t26-,35?,82?/m0/s1. The van der Waals surface area contributed by atoms with E-state index in [9.17, 15) is 73.2 Å². The lowest BCUT2D eigenvalue weighted by atomic mass is 9.78. The van der Waals surface area contributed by atoms with Gasteiger partial charge in [-0.1, -0.05) is 44.4 Å². The quantitative estimate of drug-likeness (QED) is 0.0289. The normalized spacial score (nSPS) is 15.4. The zero-order chi connectivity index (χ0) is 61.1. The van der Waals surface area contributed by atoms with Crippen molar-refractivity contribution in [2.75, 3.05) is 16.8 Å². The fourth-order valence-corrected chi connectivity index (χ4v) is 11.2. The molecule has 0 saturated carbocycles. The van der Waals surface area contributed by atoms with Crippen LogP contribution in [0.1, 0.15) is 115 Å². The lowest BCUT2D eigenvalue weighted by Gasteiger charge is -2.31. The Morgan fingerprint density at radius 3 is 2.20 bits per heavy atom. The monoisotopic (exact) mass is 1240 g/mol. The molecule has 0 spiro atoms. The van der Waals surface area contributed by atoms with Crippen LogP contribution in [0.4, 0.5) is 49.7 Å². The van der Waals surface area contributed by atoms with E-state index in [4.69, 9.17) is 16.1 Å². The molecule has 82 heavy (non-hydrogen) atoms. The molecular weight excluding hydrogens is 1190 g/mol. The molecule has 0 aliphatic heterocycles. The van der Waals surface area contributed by atoms with Crippen LogP contribution in [-0.4, -0.2) is 84.9 Å². The summed E-state index contributed by atoms with van der Waals surface area (Å²) >= 11 is 7.51. The van der Waals surface area contributed by atoms with Crippen LogP contribution in [0.25, 0.3) is 22.0 Å². The average molecular weight is 1240 g/mol. The van der Waals surface area contributed by atoms with Crippen molar-refractivity contribution in [3.05, 3.63) is 122 Å². The Balaban J connectivity index is 1.45. The van der Waals surface area contributed by atoms with Gasteiger partial charge in [0.15, 0.2) is 11.5 Å². The van der Waals surface area contributed by atoms with E-state index in [0.717, 1.165) is 29.4 Å². The molecule has 0 radical (unpaired) electrons. The lowest BCUT2D eigenvalue weighted by molar-refractivity contribution is -0.143. The summed E-state index contributed by atoms with van der Waals surface area (Å²) in [7, 11) is -6.96. The van der Waals surface area contributed by atoms with Gasteiger partial charge in [-0.15, -0.1) is 0 Å². The van der Waals surface area contributed by atoms with E-state index < -0.39 is 160 Å². The second-order valence-corrected chi connectivity index (χ2v) is 24.7. The van der Waals surface area contributed by atoms with Crippen LogP contribution in [0.2, 0.25) is 5.02 Å². The minimum Gasteiger partial charge on any atom is -0.478 e. The van der Waals surface area contributed by atoms with Crippen molar-refractivity contribution >= 4 is 76.7 Å². The van der Waals surface area contributed by atoms with Gasteiger partial charge in [0.25, 0.3) is 5.92 Å². The Hall–Kier alpha value is -6.50. The summed E-state index contributed by atoms with van der Waals surface area (Å²) in [5.74, 6) is -6.70. The highest BCUT2D eigenvalue weighted by Crippen LogP contribution is 2.53. The number of nitrogens with zero attached hydrogens (tertiary/aromatic N) is 6. The number of hydrogen-bond acceptors (Lipinski definition) is 10. The highest BCUT2D eigenvalue weighted by atomic mass is 35.5. The summed E-state index contributed by atoms with van der Waals surface area (Å²) in [4.78, 5) is 65.2. The summed E-state index contributed by atoms with van der Waals surface area (Å²) < 4.78 is 178. The minimum atomic E-state index is -5.37. The van der Waals surface area contributed by atoms with Crippen molar-refractivity contribution in [2.24, 2.45) is 0 Å². The first kappa shape index (κ1) is 63.1. The predicted molar refractivity (Wildman–Crippen MR) is 284 cm³/mol. The van der Waals surface area contributed by atoms with Gasteiger partial charge < -0.3 is 14.9 Å². The molecule has 3 atom stereocenters. The van der Waals surface area contributed by atoms with E-state index in [0.29, 0.717) is 22.7 Å². The summed E-state index contributed by atoms with van der Waals surface area (Å²) in [5, 5.41) is 19.3. The molecule has 440 valence electrons. The van der Waals surface area contributed by atoms with Crippen molar-refractivity contribution in [1.29, 1.82) is 0 Å². The average Bonchev–Trinajstić information content (AvgIpc) is 2.27. The molecule has 16 nitrogen and oxygen atoms in total. The molecule has 0 fully saturated rings. The fourth-order valence-electron chi connectivity index (χ4n) is 9.81. The smallest absolute Gasteiger partial charge is 0.478 e. The number of carboxylic acid groups (broad SMARTS) is 1. The summed E-state index contributed by atoms with van der Waals surface area (Å²) in [6.45, 7) is 5.30. The van der Waals surface area contributed by atoms with E-state index in [2.05, 4.69) is 32.3 Å². The number of alkyl halides is 8. The van der Waals surface area contributed by atoms with E-state index >= 15 is 8.78 Å². The fraction of sp³-hybridized carbons (Fsp3) is 0.385. The zero-order valence-electron chi connectivity index (χ0n) is 44.3. The Labute approximate surface area is 472 Å². The molecule has 6 aromatic rings. The number of phosphoric ester groups is 1. The molecule has 1 aliphatic rings. The highest BCUT2D eigenvalue weighted by Gasteiger charge is 2.53. The van der Waals surface area contributed by atoms with Crippen molar-refractivity contribution in [3.8, 4) is 28.7 Å². The number of aromatic carboxylic acids is 1. The van der Waals surface area contributed by atoms with Gasteiger partial charge in [-0.05, 0) is 105 Å². The second-order valence-electron chi connectivity index (χ2n) is 20.4. The number of hydrogen-bond donors (Lipinski definition) is 4. The summed E-state index contributed by atoms with van der Waals surface area (Å²) in [6.07, 6.45) is -9.92. The Morgan fingerprint density at radius 1 is 0.988 bits per heavy atom. The van der Waals surface area contributed by atoms with Gasteiger partial charge in [-0.3, -0.25) is 32.9 Å². The van der Waals surface area contributed by atoms with Gasteiger partial charge in [-0.2, -0.15) is 45.3 Å². The molecule has 3 aromatic heterocycles. The van der Waals surface area contributed by atoms with Crippen molar-refractivity contribution in [2.45, 2.75) is 114 Å². The summed E-state index contributed by atoms with van der Waals surface area (Å²) in [6, 6.07) is 7.46. The number of carboxylic acids is 1. The number of rotatable bonds is 17. The van der Waals surface area contributed by atoms with Gasteiger partial charge in [-0.25, -0.2) is 27.4 Å². The van der Waals surface area contributed by atoms with Crippen molar-refractivity contribution < 1.29 is 86.5 Å². The molecule has 3 aromatic carbocycles. The highest BCUT2D eigenvalue weighted by molar-refractivity contribution is 8.00. The number of aryl methyl sites for hydroxylation is 1. The first-order chi connectivity index (χ1) is 37.7. The number of amides is 2. The number of benzene rings is 3. The predicted octanol–water partition coefficient (Wildman–Crippen LogP) is 11.5. The Bertz CT molecular complexity index is 3690. The number of fused-ring (bicyclic) bond motifs is 2. The molecule has 7 rings (SSSR count). The van der Waals surface area contributed by atoms with Gasteiger partial charge in [0.05, 0.1) is 33.2 Å². The van der Waals surface area contributed by atoms with Crippen molar-refractivity contribution in [3.63, 3.8) is 0 Å². The van der Waals surface area contributed by atoms with Crippen LogP contribution in [0, 0.1) is 30.4 Å². The molecular formula is C52H49ClF10N7O9PS2. The van der Waals surface area contributed by atoms with Crippen LogP contribution in [0.15, 0.2) is 54.6 Å². The van der Waals surface area contributed by atoms with Crippen molar-refractivity contribution in [1.82, 2.24) is 29.9 Å². The topological polar surface area (TPSA) is 219 Å². The second kappa shape index (κ2) is 22.9. The molecule has 2 amide bonds. The largest absolute Gasteiger partial charge is 0.524 e. The van der Waals surface area contributed by atoms with E-state index in [1.165, 1.54) is 77.5 Å². The van der Waals surface area contributed by atoms with Crippen LogP contribution in [0.5, 0.6) is 5.75 Å². The third-order valence-corrected chi connectivity index (χ3v) is 16.2. The zero-order valence-corrected chi connectivity index (χ0v) is 47.6. The number of pyridine rings is 1. The van der Waals surface area contributed by atoms with E-state index in [1.54, 1.807) is 0 Å². The maximum absolute atomic E-state index is 15.5. The molecule has 3 heterocycles. The first-order valence-corrected chi connectivity index (χ1v) is 28.8. The number of phosphoric acid groups is 1. The van der Waals surface area contributed by atoms with E-state index in [-0.39, 0.29) is 54.3 Å². The maximum atomic E-state index is 15.5. The molecule has 2 unspecified atom stereocenters. The van der Waals surface area contributed by atoms with Crippen LogP contribution >= 0.6 is 31.4 Å². The first-order valence-electron chi connectivity index (χ1n) is 24.2. The van der Waals surface area contributed by atoms with Crippen LogP contribution in [0.3, 0.4) is 0 Å². The number of nitrogens with one attached hydrogen (secondary N) is 1. The Kier molecular flexibility index (Phi) is 17.6. The Morgan fingerprint density at radius 2 is 1.62 bits per heavy atom. The van der Waals surface area contributed by atoms with Gasteiger partial charge >= 0.3 is 26.1 Å². The van der Waals surface area contributed by atoms with Gasteiger partial charge in [0.1, 0.15) is 46.6 Å². The molecule has 30 heteroatoms. The molecule has 0 saturated heterocycles. The third kappa shape index (κ3) is 13.8. The van der Waals surface area contributed by atoms with E-state index in [1.807, 2.05) is 0 Å². The number of carbonyl (C=O) groups is 3. The maximum Gasteiger partial charge on any atom is 0.524 e. The molecule has 0 bridgehead atoms. The minimum absolute atomic E-state index is 0.0301. The molecule has 1 aliphatic carbocycles. The SMILES string of the molecule is CSN(C(=O)CC(C)(C)c1c(C)cc(C(=O)O)cc1OP(=O)(O)O)c1nn(CC(F)(F)F)c2c(-c3ccc(C#CC(C)(C)S(C)=O)nc3C(Cc3cc(F)cc(F)c3)NC(=O)Cn3nc(C(F)(F)F)c4c3C(F)(F)C[C@@H]4C)ccc(Cl)c12. The van der Waals surface area contributed by atoms with Crippen LogP contribution < -0.4 is 14.1 Å². The number of aromatic nitrogens is 5. The number of halogens is 11. The van der Waals surface area contributed by atoms with Gasteiger partial charge in [0.2, 0.25) is 11.8 Å². The summed E-state index contributed by atoms with van der Waals surface area (Å²) in [5.41, 5.74) is -7.11. The van der Waals surface area contributed by atoms with Crippen LogP contribution in [-0.2, 0) is 62.0 Å². The molecule has 4 N–H and O–H groups in total. The van der Waals surface area contributed by atoms with Gasteiger partial charge in [0, 0.05) is 69.9 Å². The number of anilines is 1. The third-order valence-electron chi connectivity index (χ3n) is 13.2. The lowest BCUT2D eigenvalue weighted by Crippen LogP contribution is -2.35. The number of carbonyl (C=O) groups excluding carboxylic acids is 2.